The van der Waals surface area contributed by atoms with Gasteiger partial charge in [-0.25, -0.2) is 0 Å². The van der Waals surface area contributed by atoms with Gasteiger partial charge < -0.3 is 0 Å². The normalized spacial score (nSPS) is 15.2. The number of benzene rings is 1. The first-order chi connectivity index (χ1) is 11.9. The molecule has 0 amide bonds. The number of aryl methyl sites for hydroxylation is 3. The molecule has 0 spiro atoms. The molecule has 2 aromatic rings. The van der Waals surface area contributed by atoms with Crippen LogP contribution in [0, 0.1) is 17.7 Å². The SMILES string of the molecule is Cc1ccc(CN(I)I)cc1.Cc1cn(C)[c](=[Pt])n1C1CCCCC1. The van der Waals surface area contributed by atoms with Crippen LogP contribution < -0.4 is 0 Å². The van der Waals surface area contributed by atoms with Gasteiger partial charge in [0, 0.05) is 52.3 Å². The molecule has 1 fully saturated rings. The van der Waals surface area contributed by atoms with Gasteiger partial charge in [0.05, 0.1) is 0 Å². The van der Waals surface area contributed by atoms with Crippen molar-refractivity contribution in [2.24, 2.45) is 7.05 Å². The zero-order valence-corrected chi connectivity index (χ0v) is 21.7. The van der Waals surface area contributed by atoms with Gasteiger partial charge in [-0.15, -0.1) is 0 Å². The van der Waals surface area contributed by atoms with Crippen LogP contribution in [0.5, 0.6) is 0 Å². The van der Waals surface area contributed by atoms with E-state index in [1.807, 2.05) is 0 Å². The maximum atomic E-state index is 2.51. The summed E-state index contributed by atoms with van der Waals surface area (Å²) in [6.07, 6.45) is 9.21. The van der Waals surface area contributed by atoms with E-state index in [1.165, 1.54) is 52.7 Å². The van der Waals surface area contributed by atoms with E-state index in [0.29, 0.717) is 0 Å². The first kappa shape index (κ1) is 21.8. The van der Waals surface area contributed by atoms with Gasteiger partial charge in [-0.1, -0.05) is 29.8 Å². The van der Waals surface area contributed by atoms with E-state index in [1.54, 1.807) is 0 Å². The first-order valence-electron chi connectivity index (χ1n) is 8.73. The number of hydrogen-bond donors (Lipinski definition) is 0. The standard InChI is InChI=1S/C11H18N2.C8H9I2N.Pt/c1-10-8-12(2)9-13(10)11-6-4-3-5-7-11;1-7-2-4-8(5-3-7)6-11(9)10;/h8,11H,3-7H2,1-2H3;2-5H,6H2,1H3;. The third kappa shape index (κ3) is 6.89. The minimum absolute atomic E-state index is 0.762. The van der Waals surface area contributed by atoms with E-state index in [9.17, 15) is 0 Å². The zero-order chi connectivity index (χ0) is 18.4. The molecule has 1 saturated carbocycles. The number of imidazole rings is 1. The van der Waals surface area contributed by atoms with Gasteiger partial charge in [0.2, 0.25) is 0 Å². The summed E-state index contributed by atoms with van der Waals surface area (Å²) in [6.45, 7) is 5.33. The molecule has 0 saturated heterocycles. The van der Waals surface area contributed by atoms with Gasteiger partial charge in [0.15, 0.2) is 0 Å². The monoisotopic (exact) mass is 746 g/mol. The van der Waals surface area contributed by atoms with Crippen LogP contribution in [0.15, 0.2) is 30.5 Å². The first-order valence-corrected chi connectivity index (χ1v) is 11.8. The van der Waals surface area contributed by atoms with Gasteiger partial charge >= 0.3 is 96.3 Å². The van der Waals surface area contributed by atoms with Crippen molar-refractivity contribution in [2.45, 2.75) is 58.5 Å². The van der Waals surface area contributed by atoms with Crippen LogP contribution in [0.1, 0.15) is 55.0 Å². The second-order valence-corrected chi connectivity index (χ2v) is 11.9. The molecule has 1 heterocycles. The van der Waals surface area contributed by atoms with Crippen LogP contribution in [0.2, 0.25) is 0 Å². The van der Waals surface area contributed by atoms with Crippen LogP contribution in [0.4, 0.5) is 0 Å². The molecule has 142 valence electrons. The molecule has 6 heteroatoms. The van der Waals surface area contributed by atoms with Crippen molar-refractivity contribution >= 4 is 45.7 Å². The van der Waals surface area contributed by atoms with Crippen LogP contribution >= 0.6 is 45.7 Å². The van der Waals surface area contributed by atoms with E-state index in [4.69, 9.17) is 0 Å². The summed E-state index contributed by atoms with van der Waals surface area (Å²) >= 11 is 6.99. The third-order valence-electron chi connectivity index (χ3n) is 4.58. The van der Waals surface area contributed by atoms with Gasteiger partial charge in [-0.3, -0.25) is 0 Å². The molecule has 3 nitrogen and oxygen atoms in total. The molecule has 0 bridgehead atoms. The third-order valence-corrected chi connectivity index (χ3v) is 6.61. The quantitative estimate of drug-likeness (QED) is 0.269. The topological polar surface area (TPSA) is 13.1 Å². The number of aromatic nitrogens is 2. The Morgan fingerprint density at radius 2 is 1.68 bits per heavy atom. The van der Waals surface area contributed by atoms with Gasteiger partial charge in [0.25, 0.3) is 0 Å². The number of nitrogens with zero attached hydrogens (tertiary/aromatic N) is 3. The van der Waals surface area contributed by atoms with E-state index in [-0.39, 0.29) is 0 Å². The van der Waals surface area contributed by atoms with Crippen molar-refractivity contribution in [2.75, 3.05) is 0 Å². The Morgan fingerprint density at radius 3 is 2.16 bits per heavy atom. The number of halogens is 2. The van der Waals surface area contributed by atoms with Crippen molar-refractivity contribution < 1.29 is 19.4 Å². The summed E-state index contributed by atoms with van der Waals surface area (Å²) in [6, 6.07) is 9.38. The van der Waals surface area contributed by atoms with Crippen LogP contribution in [0.3, 0.4) is 0 Å². The van der Waals surface area contributed by atoms with Gasteiger partial charge in [0.1, 0.15) is 0 Å². The molecule has 1 aromatic heterocycles. The molecular formula is C19H27I2N3Pt. The Bertz CT molecular complexity index is 713. The zero-order valence-electron chi connectivity index (χ0n) is 15.1. The van der Waals surface area contributed by atoms with Crippen LogP contribution in [-0.2, 0) is 32.9 Å². The maximum absolute atomic E-state index is 2.51. The van der Waals surface area contributed by atoms with Gasteiger partial charge in [-0.05, 0) is 12.5 Å². The summed E-state index contributed by atoms with van der Waals surface area (Å²) in [7, 11) is 2.13. The average molecular weight is 746 g/mol. The second-order valence-electron chi connectivity index (χ2n) is 6.73. The molecule has 0 aliphatic heterocycles. The Hall–Kier alpha value is 0.538. The molecule has 1 aliphatic rings. The summed E-state index contributed by atoms with van der Waals surface area (Å²) in [4.78, 5) is 0. The molecule has 0 N–H and O–H groups in total. The Kier molecular flexibility index (Phi) is 9.40. The number of hydrogen-bond acceptors (Lipinski definition) is 1. The Balaban J connectivity index is 0.000000186. The fourth-order valence-corrected chi connectivity index (χ4v) is 5.04. The van der Waals surface area contributed by atoms with Crippen LogP contribution in [0.25, 0.3) is 0 Å². The predicted molar refractivity (Wildman–Crippen MR) is 118 cm³/mol. The molecular weight excluding hydrogens is 719 g/mol. The van der Waals surface area contributed by atoms with E-state index in [0.717, 1.165) is 12.6 Å². The molecule has 0 atom stereocenters. The molecule has 3 rings (SSSR count). The van der Waals surface area contributed by atoms with Crippen molar-refractivity contribution in [3.63, 3.8) is 0 Å². The van der Waals surface area contributed by atoms with Crippen molar-refractivity contribution in [1.82, 2.24) is 10.5 Å². The molecule has 0 unspecified atom stereocenters. The molecule has 1 aromatic carbocycles. The molecule has 1 aliphatic carbocycles. The Labute approximate surface area is 190 Å². The predicted octanol–water partition coefficient (Wildman–Crippen LogP) is 6.22. The van der Waals surface area contributed by atoms with Crippen molar-refractivity contribution in [3.8, 4) is 0 Å². The van der Waals surface area contributed by atoms with E-state index in [2.05, 4.69) is 127 Å². The minimum atomic E-state index is 0.762. The molecule has 0 radical (unpaired) electrons. The molecule has 25 heavy (non-hydrogen) atoms. The van der Waals surface area contributed by atoms with E-state index >= 15 is 0 Å². The summed E-state index contributed by atoms with van der Waals surface area (Å²) in [5, 5.41) is 0. The van der Waals surface area contributed by atoms with Crippen molar-refractivity contribution in [1.29, 1.82) is 0 Å². The number of rotatable bonds is 3. The van der Waals surface area contributed by atoms with Crippen molar-refractivity contribution in [3.05, 3.63) is 51.1 Å². The second kappa shape index (κ2) is 10.8. The van der Waals surface area contributed by atoms with Crippen LogP contribution in [-0.4, -0.2) is 10.5 Å². The fourth-order valence-electron chi connectivity index (χ4n) is 3.29. The fraction of sp³-hybridized carbons (Fsp3) is 0.526. The average Bonchev–Trinajstić information content (AvgIpc) is 2.83. The van der Waals surface area contributed by atoms with E-state index < -0.39 is 0 Å². The van der Waals surface area contributed by atoms with Gasteiger partial charge in [-0.2, -0.15) is 1.33 Å². The summed E-state index contributed by atoms with van der Waals surface area (Å²) < 4.78 is 8.22. The summed E-state index contributed by atoms with van der Waals surface area (Å²) in [5.41, 5.74) is 4.09. The Morgan fingerprint density at radius 1 is 1.08 bits per heavy atom. The summed E-state index contributed by atoms with van der Waals surface area (Å²) in [5.74, 6) is 0.